The maximum atomic E-state index is 11.9. The van der Waals surface area contributed by atoms with E-state index in [1.807, 2.05) is 0 Å². The summed E-state index contributed by atoms with van der Waals surface area (Å²) in [5.74, 6) is 0.305. The molecule has 5 heteroatoms. The Morgan fingerprint density at radius 1 is 1.53 bits per heavy atom. The minimum absolute atomic E-state index is 0.202. The Morgan fingerprint density at radius 2 is 2.37 bits per heavy atom. The lowest BCUT2D eigenvalue weighted by molar-refractivity contribution is 0.0928. The van der Waals surface area contributed by atoms with Gasteiger partial charge in [0, 0.05) is 19.2 Å². The highest BCUT2D eigenvalue weighted by molar-refractivity contribution is 5.92. The Bertz CT molecular complexity index is 484. The Hall–Kier alpha value is -1.62. The van der Waals surface area contributed by atoms with Crippen LogP contribution in [0.1, 0.15) is 30.3 Å². The van der Waals surface area contributed by atoms with Crippen LogP contribution < -0.4 is 10.9 Å². The zero-order valence-corrected chi connectivity index (χ0v) is 11.3. The monoisotopic (exact) mass is 263 g/mol. The summed E-state index contributed by atoms with van der Waals surface area (Å²) < 4.78 is 0. The Morgan fingerprint density at radius 3 is 3.11 bits per heavy atom. The number of H-pyrrole nitrogens is 1. The number of aromatic nitrogens is 1. The summed E-state index contributed by atoms with van der Waals surface area (Å²) in [7, 11) is 0. The lowest BCUT2D eigenvalue weighted by Gasteiger charge is -2.31. The predicted octanol–water partition coefficient (Wildman–Crippen LogP) is 0.837. The maximum Gasteiger partial charge on any atom is 0.267 e. The van der Waals surface area contributed by atoms with Crippen molar-refractivity contribution in [1.29, 1.82) is 0 Å². The third-order valence-corrected chi connectivity index (χ3v) is 3.61. The second-order valence-corrected chi connectivity index (χ2v) is 5.04. The number of nitrogens with one attached hydrogen (secondary N) is 2. The van der Waals surface area contributed by atoms with E-state index < -0.39 is 0 Å². The van der Waals surface area contributed by atoms with Crippen molar-refractivity contribution in [1.82, 2.24) is 15.2 Å². The molecule has 0 spiro atoms. The molecule has 0 unspecified atom stereocenters. The van der Waals surface area contributed by atoms with Crippen molar-refractivity contribution in [3.8, 4) is 0 Å². The van der Waals surface area contributed by atoms with Crippen LogP contribution in [0.4, 0.5) is 0 Å². The van der Waals surface area contributed by atoms with Gasteiger partial charge in [-0.25, -0.2) is 0 Å². The van der Waals surface area contributed by atoms with Crippen molar-refractivity contribution in [3.05, 3.63) is 34.2 Å². The van der Waals surface area contributed by atoms with Gasteiger partial charge >= 0.3 is 0 Å². The fourth-order valence-electron chi connectivity index (χ4n) is 2.52. The van der Waals surface area contributed by atoms with E-state index in [0.717, 1.165) is 26.1 Å². The molecule has 2 N–H and O–H groups in total. The van der Waals surface area contributed by atoms with E-state index in [-0.39, 0.29) is 11.5 Å². The number of hydrogen-bond donors (Lipinski definition) is 2. The number of pyridine rings is 1. The van der Waals surface area contributed by atoms with Crippen molar-refractivity contribution >= 4 is 5.91 Å². The molecule has 0 aromatic carbocycles. The molecule has 1 atom stereocenters. The summed E-state index contributed by atoms with van der Waals surface area (Å²) in [4.78, 5) is 28.0. The van der Waals surface area contributed by atoms with Gasteiger partial charge in [0.25, 0.3) is 5.91 Å². The summed E-state index contributed by atoms with van der Waals surface area (Å²) >= 11 is 0. The van der Waals surface area contributed by atoms with E-state index in [2.05, 4.69) is 22.1 Å². The molecule has 0 aliphatic carbocycles. The molecule has 1 aliphatic rings. The maximum absolute atomic E-state index is 11.9. The average molecular weight is 263 g/mol. The predicted molar refractivity (Wildman–Crippen MR) is 74.2 cm³/mol. The fraction of sp³-hybridized carbons (Fsp3) is 0.571. The molecule has 2 heterocycles. The van der Waals surface area contributed by atoms with Crippen LogP contribution in [-0.2, 0) is 0 Å². The summed E-state index contributed by atoms with van der Waals surface area (Å²) in [6.45, 7) is 6.10. The molecule has 2 rings (SSSR count). The van der Waals surface area contributed by atoms with Gasteiger partial charge in [-0.2, -0.15) is 0 Å². The summed E-state index contributed by atoms with van der Waals surface area (Å²) in [6, 6.07) is 4.61. The minimum Gasteiger partial charge on any atom is -0.350 e. The van der Waals surface area contributed by atoms with Gasteiger partial charge in [0.05, 0.1) is 0 Å². The normalized spacial score (nSPS) is 20.2. The van der Waals surface area contributed by atoms with Gasteiger partial charge in [-0.3, -0.25) is 9.59 Å². The molecule has 1 aromatic heterocycles. The van der Waals surface area contributed by atoms with Gasteiger partial charge in [0.1, 0.15) is 5.69 Å². The number of nitrogens with zero attached hydrogens (tertiary/aromatic N) is 1. The number of likely N-dealkylation sites (tertiary alicyclic amines) is 1. The Labute approximate surface area is 113 Å². The topological polar surface area (TPSA) is 65.2 Å². The van der Waals surface area contributed by atoms with Crippen molar-refractivity contribution in [3.63, 3.8) is 0 Å². The smallest absolute Gasteiger partial charge is 0.267 e. The van der Waals surface area contributed by atoms with Gasteiger partial charge in [0.2, 0.25) is 5.56 Å². The van der Waals surface area contributed by atoms with Gasteiger partial charge in [-0.15, -0.1) is 0 Å². The molecule has 0 saturated carbocycles. The highest BCUT2D eigenvalue weighted by atomic mass is 16.2. The van der Waals surface area contributed by atoms with Gasteiger partial charge in [0.15, 0.2) is 0 Å². The molecular weight excluding hydrogens is 242 g/mol. The van der Waals surface area contributed by atoms with Gasteiger partial charge in [-0.1, -0.05) is 13.0 Å². The number of aromatic amines is 1. The van der Waals surface area contributed by atoms with E-state index in [1.165, 1.54) is 12.5 Å². The van der Waals surface area contributed by atoms with Crippen LogP contribution in [-0.4, -0.2) is 42.0 Å². The largest absolute Gasteiger partial charge is 0.350 e. The molecule has 1 fully saturated rings. The van der Waals surface area contributed by atoms with Crippen LogP contribution in [0.2, 0.25) is 0 Å². The second kappa shape index (κ2) is 6.52. The second-order valence-electron chi connectivity index (χ2n) is 5.04. The van der Waals surface area contributed by atoms with Crippen molar-refractivity contribution in [2.45, 2.75) is 19.8 Å². The van der Waals surface area contributed by atoms with E-state index >= 15 is 0 Å². The van der Waals surface area contributed by atoms with E-state index in [9.17, 15) is 9.59 Å². The lowest BCUT2D eigenvalue weighted by atomic mass is 9.98. The van der Waals surface area contributed by atoms with Crippen molar-refractivity contribution in [2.24, 2.45) is 5.92 Å². The molecule has 1 amide bonds. The molecule has 0 radical (unpaired) electrons. The molecule has 1 aromatic rings. The lowest BCUT2D eigenvalue weighted by Crippen LogP contribution is -2.41. The first-order valence-corrected chi connectivity index (χ1v) is 6.89. The molecule has 104 valence electrons. The number of carbonyl (C=O) groups is 1. The van der Waals surface area contributed by atoms with Crippen LogP contribution in [0.25, 0.3) is 0 Å². The summed E-state index contributed by atoms with van der Waals surface area (Å²) in [5.41, 5.74) is 0.0816. The molecule has 0 bridgehead atoms. The summed E-state index contributed by atoms with van der Waals surface area (Å²) in [6.07, 6.45) is 2.35. The number of hydrogen-bond acceptors (Lipinski definition) is 3. The van der Waals surface area contributed by atoms with Gasteiger partial charge in [-0.05, 0) is 37.9 Å². The van der Waals surface area contributed by atoms with Crippen LogP contribution in [0.5, 0.6) is 0 Å². The SMILES string of the molecule is CCN1CCC[C@@H](CNC(=O)c2cccc(=O)[nH]2)C1. The molecule has 19 heavy (non-hydrogen) atoms. The van der Waals surface area contributed by atoms with Crippen LogP contribution in [0.15, 0.2) is 23.0 Å². The van der Waals surface area contributed by atoms with Crippen molar-refractivity contribution in [2.75, 3.05) is 26.2 Å². The Kier molecular flexibility index (Phi) is 4.74. The number of amides is 1. The van der Waals surface area contributed by atoms with Crippen LogP contribution in [0.3, 0.4) is 0 Å². The standard InChI is InChI=1S/C14H21N3O2/c1-2-17-8-4-5-11(10-17)9-15-14(19)12-6-3-7-13(18)16-12/h3,6-7,11H,2,4-5,8-10H2,1H3,(H,15,19)(H,16,18)/t11-/m0/s1. The Balaban J connectivity index is 1.85. The number of carbonyl (C=O) groups excluding carboxylic acids is 1. The van der Waals surface area contributed by atoms with E-state index in [0.29, 0.717) is 18.2 Å². The zero-order chi connectivity index (χ0) is 13.7. The highest BCUT2D eigenvalue weighted by Gasteiger charge is 2.19. The molecular formula is C14H21N3O2. The van der Waals surface area contributed by atoms with E-state index in [4.69, 9.17) is 0 Å². The molecule has 5 nitrogen and oxygen atoms in total. The first-order chi connectivity index (χ1) is 9.19. The third kappa shape index (κ3) is 3.92. The van der Waals surface area contributed by atoms with Crippen molar-refractivity contribution < 1.29 is 4.79 Å². The third-order valence-electron chi connectivity index (χ3n) is 3.61. The number of piperidine rings is 1. The summed E-state index contributed by atoms with van der Waals surface area (Å²) in [5, 5.41) is 2.90. The first kappa shape index (κ1) is 13.8. The highest BCUT2D eigenvalue weighted by Crippen LogP contribution is 2.15. The quantitative estimate of drug-likeness (QED) is 0.846. The molecule has 1 aliphatic heterocycles. The van der Waals surface area contributed by atoms with Crippen LogP contribution >= 0.6 is 0 Å². The first-order valence-electron chi connectivity index (χ1n) is 6.89. The molecule has 1 saturated heterocycles. The van der Waals surface area contributed by atoms with Gasteiger partial charge < -0.3 is 15.2 Å². The van der Waals surface area contributed by atoms with Crippen LogP contribution in [0, 0.1) is 5.92 Å². The fourth-order valence-corrected chi connectivity index (χ4v) is 2.52. The average Bonchev–Trinajstić information content (AvgIpc) is 2.45. The minimum atomic E-state index is -0.248. The zero-order valence-electron chi connectivity index (χ0n) is 11.3. The number of rotatable bonds is 4. The van der Waals surface area contributed by atoms with E-state index in [1.54, 1.807) is 12.1 Å².